The number of aromatic nitrogens is 2. The van der Waals surface area contributed by atoms with Crippen LogP contribution in [0.15, 0.2) is 22.7 Å². The molecule has 3 N–H and O–H groups in total. The molecule has 0 radical (unpaired) electrons. The van der Waals surface area contributed by atoms with Gasteiger partial charge in [0.1, 0.15) is 5.75 Å². The van der Waals surface area contributed by atoms with Crippen molar-refractivity contribution in [2.45, 2.75) is 51.9 Å². The number of alkyl halides is 2. The molecule has 0 aliphatic carbocycles. The van der Waals surface area contributed by atoms with E-state index in [9.17, 15) is 13.6 Å². The third-order valence-corrected chi connectivity index (χ3v) is 5.83. The van der Waals surface area contributed by atoms with Gasteiger partial charge in [-0.3, -0.25) is 4.79 Å². The maximum Gasteiger partial charge on any atom is 0.324 e. The molecule has 0 atom stereocenters. The molecule has 0 saturated carbocycles. The zero-order valence-corrected chi connectivity index (χ0v) is 19.3. The summed E-state index contributed by atoms with van der Waals surface area (Å²) in [5.41, 5.74) is 6.96. The summed E-state index contributed by atoms with van der Waals surface area (Å²) in [6, 6.07) is 5.66. The Kier molecular flexibility index (Phi) is 8.60. The van der Waals surface area contributed by atoms with Crippen LogP contribution < -0.4 is 20.7 Å². The van der Waals surface area contributed by atoms with Crippen LogP contribution in [-0.2, 0) is 5.92 Å². The number of benzene rings is 1. The zero-order valence-electron chi connectivity index (χ0n) is 19.3. The van der Waals surface area contributed by atoms with Crippen molar-refractivity contribution in [2.24, 2.45) is 11.7 Å². The SMILES string of the molecule is Cc1cc(OCCCC2CCN(c3nc(C(C)(F)F)no3)CC2)ccc1C(=O)NCCCN. The van der Waals surface area contributed by atoms with Gasteiger partial charge in [-0.1, -0.05) is 5.16 Å². The highest BCUT2D eigenvalue weighted by Gasteiger charge is 2.32. The van der Waals surface area contributed by atoms with Gasteiger partial charge in [-0.2, -0.15) is 13.8 Å². The van der Waals surface area contributed by atoms with Crippen molar-refractivity contribution in [1.29, 1.82) is 0 Å². The van der Waals surface area contributed by atoms with Crippen LogP contribution in [0.4, 0.5) is 14.8 Å². The fourth-order valence-corrected chi connectivity index (χ4v) is 3.88. The van der Waals surface area contributed by atoms with E-state index in [0.717, 1.165) is 50.3 Å². The number of piperidine rings is 1. The van der Waals surface area contributed by atoms with Gasteiger partial charge in [0.2, 0.25) is 5.82 Å². The van der Waals surface area contributed by atoms with Crippen molar-refractivity contribution < 1.29 is 22.8 Å². The first-order chi connectivity index (χ1) is 15.8. The normalized spacial score (nSPS) is 15.0. The summed E-state index contributed by atoms with van der Waals surface area (Å²) in [6.07, 6.45) is 4.57. The van der Waals surface area contributed by atoms with E-state index in [1.165, 1.54) is 0 Å². The molecule has 3 rings (SSSR count). The van der Waals surface area contributed by atoms with Gasteiger partial charge in [-0.15, -0.1) is 0 Å². The summed E-state index contributed by atoms with van der Waals surface area (Å²) < 4.78 is 37.5. The number of carbonyl (C=O) groups excluding carboxylic acids is 1. The Bertz CT molecular complexity index is 908. The summed E-state index contributed by atoms with van der Waals surface area (Å²) in [7, 11) is 0. The number of hydrogen-bond donors (Lipinski definition) is 2. The molecule has 1 fully saturated rings. The van der Waals surface area contributed by atoms with Crippen LogP contribution in [0.5, 0.6) is 5.75 Å². The topological polar surface area (TPSA) is 107 Å². The van der Waals surface area contributed by atoms with Gasteiger partial charge < -0.3 is 25.2 Å². The Morgan fingerprint density at radius 3 is 2.73 bits per heavy atom. The summed E-state index contributed by atoms with van der Waals surface area (Å²) >= 11 is 0. The first-order valence-corrected chi connectivity index (χ1v) is 11.5. The maximum atomic E-state index is 13.3. The van der Waals surface area contributed by atoms with Crippen LogP contribution in [0.1, 0.15) is 60.8 Å². The number of aryl methyl sites for hydroxylation is 1. The zero-order chi connectivity index (χ0) is 23.8. The molecule has 0 unspecified atom stereocenters. The summed E-state index contributed by atoms with van der Waals surface area (Å²) in [5.74, 6) is -2.48. The van der Waals surface area contributed by atoms with Crippen LogP contribution in [0.3, 0.4) is 0 Å². The molecular formula is C23H33F2N5O3. The molecule has 1 amide bonds. The second-order valence-electron chi connectivity index (χ2n) is 8.58. The number of nitrogens with zero attached hydrogens (tertiary/aromatic N) is 3. The first-order valence-electron chi connectivity index (χ1n) is 11.5. The highest BCUT2D eigenvalue weighted by Crippen LogP contribution is 2.29. The highest BCUT2D eigenvalue weighted by molar-refractivity contribution is 5.95. The minimum atomic E-state index is -3.10. The third-order valence-electron chi connectivity index (χ3n) is 5.83. The lowest BCUT2D eigenvalue weighted by molar-refractivity contribution is 0.00559. The van der Waals surface area contributed by atoms with Crippen LogP contribution in [0, 0.1) is 12.8 Å². The lowest BCUT2D eigenvalue weighted by Crippen LogP contribution is -2.34. The molecule has 1 aromatic heterocycles. The first kappa shape index (κ1) is 24.9. The Hall–Kier alpha value is -2.75. The fourth-order valence-electron chi connectivity index (χ4n) is 3.88. The predicted octanol–water partition coefficient (Wildman–Crippen LogP) is 3.64. The van der Waals surface area contributed by atoms with Gasteiger partial charge in [0.15, 0.2) is 0 Å². The Labute approximate surface area is 192 Å². The van der Waals surface area contributed by atoms with Crippen molar-refractivity contribution in [2.75, 3.05) is 37.7 Å². The molecule has 8 nitrogen and oxygen atoms in total. The number of anilines is 1. The molecule has 1 aliphatic rings. The lowest BCUT2D eigenvalue weighted by Gasteiger charge is -2.30. The second-order valence-corrected chi connectivity index (χ2v) is 8.58. The summed E-state index contributed by atoms with van der Waals surface area (Å²) in [6.45, 7) is 5.77. The average Bonchev–Trinajstić information content (AvgIpc) is 3.28. The summed E-state index contributed by atoms with van der Waals surface area (Å²) in [4.78, 5) is 17.9. The smallest absolute Gasteiger partial charge is 0.324 e. The molecule has 182 valence electrons. The van der Waals surface area contributed by atoms with E-state index in [1.54, 1.807) is 6.07 Å². The summed E-state index contributed by atoms with van der Waals surface area (Å²) in [5, 5.41) is 6.25. The number of rotatable bonds is 11. The average molecular weight is 466 g/mol. The van der Waals surface area contributed by atoms with E-state index in [0.29, 0.717) is 44.3 Å². The van der Waals surface area contributed by atoms with Gasteiger partial charge in [0.05, 0.1) is 6.61 Å². The maximum absolute atomic E-state index is 13.3. The fraction of sp³-hybridized carbons (Fsp3) is 0.609. The molecule has 10 heteroatoms. The number of amides is 1. The number of nitrogens with two attached hydrogens (primary N) is 1. The van der Waals surface area contributed by atoms with Crippen LogP contribution in [0.2, 0.25) is 0 Å². The van der Waals surface area contributed by atoms with E-state index < -0.39 is 11.7 Å². The van der Waals surface area contributed by atoms with Crippen molar-refractivity contribution >= 4 is 11.9 Å². The number of carbonyl (C=O) groups is 1. The van der Waals surface area contributed by atoms with Crippen LogP contribution in [-0.4, -0.2) is 48.8 Å². The molecule has 0 spiro atoms. The van der Waals surface area contributed by atoms with Gasteiger partial charge in [-0.05, 0) is 75.3 Å². The molecule has 33 heavy (non-hydrogen) atoms. The van der Waals surface area contributed by atoms with Gasteiger partial charge in [0.25, 0.3) is 5.91 Å². The molecule has 1 saturated heterocycles. The molecule has 1 aromatic carbocycles. The molecular weight excluding hydrogens is 432 g/mol. The quantitative estimate of drug-likeness (QED) is 0.488. The van der Waals surface area contributed by atoms with Crippen LogP contribution >= 0.6 is 0 Å². The Morgan fingerprint density at radius 2 is 2.09 bits per heavy atom. The molecule has 1 aliphatic heterocycles. The number of nitrogens with one attached hydrogen (secondary N) is 1. The Morgan fingerprint density at radius 1 is 1.33 bits per heavy atom. The van der Waals surface area contributed by atoms with E-state index >= 15 is 0 Å². The van der Waals surface area contributed by atoms with E-state index in [4.69, 9.17) is 15.0 Å². The number of hydrogen-bond acceptors (Lipinski definition) is 7. The van der Waals surface area contributed by atoms with Crippen molar-refractivity contribution in [3.05, 3.63) is 35.2 Å². The van der Waals surface area contributed by atoms with Gasteiger partial charge in [0, 0.05) is 32.1 Å². The highest BCUT2D eigenvalue weighted by atomic mass is 19.3. The Balaban J connectivity index is 1.36. The minimum absolute atomic E-state index is 0.0981. The van der Waals surface area contributed by atoms with E-state index in [2.05, 4.69) is 15.5 Å². The monoisotopic (exact) mass is 465 g/mol. The molecule has 2 aromatic rings. The predicted molar refractivity (Wildman–Crippen MR) is 121 cm³/mol. The lowest BCUT2D eigenvalue weighted by atomic mass is 9.92. The van der Waals surface area contributed by atoms with Gasteiger partial charge in [-0.25, -0.2) is 0 Å². The van der Waals surface area contributed by atoms with Crippen molar-refractivity contribution in [3.63, 3.8) is 0 Å². The molecule has 2 heterocycles. The second kappa shape index (κ2) is 11.4. The van der Waals surface area contributed by atoms with Crippen molar-refractivity contribution in [3.8, 4) is 5.75 Å². The van der Waals surface area contributed by atoms with Crippen molar-refractivity contribution in [1.82, 2.24) is 15.5 Å². The number of ether oxygens (including phenoxy) is 1. The minimum Gasteiger partial charge on any atom is -0.494 e. The molecule has 0 bridgehead atoms. The van der Waals surface area contributed by atoms with E-state index in [1.807, 2.05) is 24.0 Å². The number of halogens is 2. The van der Waals surface area contributed by atoms with Crippen LogP contribution in [0.25, 0.3) is 0 Å². The third kappa shape index (κ3) is 7.12. The largest absolute Gasteiger partial charge is 0.494 e. The standard InChI is InChI=1S/C23H33F2N5O3/c1-16-15-18(6-7-19(16)20(31)27-11-4-10-26)32-14-3-5-17-8-12-30(13-9-17)22-28-21(29-33-22)23(2,24)25/h6-7,15,17H,3-5,8-14,26H2,1-2H3,(H,27,31). The van der Waals surface area contributed by atoms with Gasteiger partial charge >= 0.3 is 11.9 Å². The van der Waals surface area contributed by atoms with E-state index in [-0.39, 0.29) is 11.9 Å².